The number of carbonyl (C=O) groups is 7. The van der Waals surface area contributed by atoms with Crippen molar-refractivity contribution in [3.63, 3.8) is 0 Å². The Labute approximate surface area is 332 Å². The molecule has 4 N–H and O–H groups in total. The molecule has 3 aliphatic rings. The first-order chi connectivity index (χ1) is 26.0. The lowest BCUT2D eigenvalue weighted by molar-refractivity contribution is -0.145. The first kappa shape index (κ1) is 44.2. The van der Waals surface area contributed by atoms with Gasteiger partial charge in [-0.05, 0) is 81.1 Å². The number of nitrogens with one attached hydrogen (secondary N) is 4. The van der Waals surface area contributed by atoms with Gasteiger partial charge in [0.2, 0.25) is 29.4 Å². The van der Waals surface area contributed by atoms with E-state index in [0.717, 1.165) is 25.7 Å². The van der Waals surface area contributed by atoms with E-state index >= 15 is 0 Å². The third kappa shape index (κ3) is 11.3. The molecule has 4 rings (SSSR count). The second kappa shape index (κ2) is 17.8. The molecule has 1 saturated heterocycles. The molecule has 14 nitrogen and oxygen atoms in total. The number of benzene rings is 1. The Morgan fingerprint density at radius 1 is 0.929 bits per heavy atom. The molecule has 2 saturated carbocycles. The summed E-state index contributed by atoms with van der Waals surface area (Å²) in [6, 6.07) is 4.62. The average molecular weight is 781 g/mol. The number of rotatable bonds is 14. The largest absolute Gasteiger partial charge is 0.444 e. The number of carbonyl (C=O) groups excluding carboxylic acids is 7. The lowest BCUT2D eigenvalue weighted by atomic mass is 9.80. The maximum Gasteiger partial charge on any atom is 0.408 e. The van der Waals surface area contributed by atoms with Gasteiger partial charge in [-0.25, -0.2) is 4.79 Å². The van der Waals surface area contributed by atoms with Gasteiger partial charge in [0.1, 0.15) is 23.7 Å². The standard InChI is InChI=1S/C42H64N6O8/c1-11-47(10)37(53)31(26-18-13-12-14-19-26)45-30(49)23-43-36(52)33(50)29(20-25-16-15-17-25)44-35(51)32-28-22-42(8,9)21-27(28)24-48(32)38(54)34(40(2,3)4)46-39(55)56-41(5,6)7/h12-14,18-19,25,27-29,31-32,34H,11,15-17,20-24H2,1-10H3,(H,43,52)(H,44,51)(H,45,49)(H,46,55)/t27-,28-,29?,31-,32-,34+/m0/s1. The molecule has 56 heavy (non-hydrogen) atoms. The van der Waals surface area contributed by atoms with Crippen molar-refractivity contribution in [2.24, 2.45) is 28.6 Å². The highest BCUT2D eigenvalue weighted by atomic mass is 16.6. The molecular formula is C42H64N6O8. The zero-order valence-electron chi connectivity index (χ0n) is 35.0. The highest BCUT2D eigenvalue weighted by Gasteiger charge is 2.56. The van der Waals surface area contributed by atoms with Gasteiger partial charge in [0.15, 0.2) is 0 Å². The van der Waals surface area contributed by atoms with Crippen LogP contribution in [0.4, 0.5) is 4.79 Å². The molecule has 6 amide bonds. The number of likely N-dealkylation sites (N-methyl/N-ethyl adjacent to an activating group) is 1. The predicted octanol–water partition coefficient (Wildman–Crippen LogP) is 3.89. The highest BCUT2D eigenvalue weighted by molar-refractivity contribution is 6.38. The Morgan fingerprint density at radius 3 is 2.12 bits per heavy atom. The van der Waals surface area contributed by atoms with Crippen LogP contribution in [0.5, 0.6) is 0 Å². The van der Waals surface area contributed by atoms with E-state index in [1.165, 1.54) is 4.90 Å². The van der Waals surface area contributed by atoms with E-state index in [-0.39, 0.29) is 35.5 Å². The molecule has 2 aliphatic carbocycles. The molecule has 14 heteroatoms. The second-order valence-corrected chi connectivity index (χ2v) is 18.8. The lowest BCUT2D eigenvalue weighted by Crippen LogP contribution is -2.60. The van der Waals surface area contributed by atoms with Gasteiger partial charge in [-0.1, -0.05) is 84.2 Å². The van der Waals surface area contributed by atoms with E-state index in [2.05, 4.69) is 35.1 Å². The summed E-state index contributed by atoms with van der Waals surface area (Å²) in [7, 11) is 1.62. The van der Waals surface area contributed by atoms with Crippen LogP contribution in [0.1, 0.15) is 112 Å². The van der Waals surface area contributed by atoms with Crippen LogP contribution in [0.2, 0.25) is 0 Å². The molecule has 3 fully saturated rings. The Morgan fingerprint density at radius 2 is 1.57 bits per heavy atom. The Kier molecular flexibility index (Phi) is 14.0. The Balaban J connectivity index is 1.52. The van der Waals surface area contributed by atoms with E-state index < -0.39 is 77.2 Å². The number of Topliss-reactive ketones (excluding diaryl/α,β-unsaturated/α-hetero) is 1. The molecule has 1 unspecified atom stereocenters. The third-order valence-electron chi connectivity index (χ3n) is 11.3. The Bertz CT molecular complexity index is 1630. The van der Waals surface area contributed by atoms with Crippen molar-refractivity contribution in [1.82, 2.24) is 31.1 Å². The fourth-order valence-corrected chi connectivity index (χ4v) is 8.20. The topological polar surface area (TPSA) is 183 Å². The molecule has 1 aromatic carbocycles. The number of nitrogens with zero attached hydrogens (tertiary/aromatic N) is 2. The second-order valence-electron chi connectivity index (χ2n) is 18.8. The number of likely N-dealkylation sites (tertiary alicyclic amines) is 1. The van der Waals surface area contributed by atoms with Gasteiger partial charge in [0, 0.05) is 20.1 Å². The number of fused-ring (bicyclic) bond motifs is 1. The fourth-order valence-electron chi connectivity index (χ4n) is 8.20. The first-order valence-corrected chi connectivity index (χ1v) is 20.0. The van der Waals surface area contributed by atoms with Crippen LogP contribution in [0.3, 0.4) is 0 Å². The van der Waals surface area contributed by atoms with Crippen molar-refractivity contribution in [3.05, 3.63) is 35.9 Å². The third-order valence-corrected chi connectivity index (χ3v) is 11.3. The van der Waals surface area contributed by atoms with Gasteiger partial charge >= 0.3 is 6.09 Å². The number of ether oxygens (including phenoxy) is 1. The maximum atomic E-state index is 14.5. The summed E-state index contributed by atoms with van der Waals surface area (Å²) >= 11 is 0. The summed E-state index contributed by atoms with van der Waals surface area (Å²) in [5.41, 5.74) is -1.03. The minimum absolute atomic E-state index is 0.0261. The van der Waals surface area contributed by atoms with Crippen LogP contribution >= 0.6 is 0 Å². The normalized spacial score (nSPS) is 22.0. The van der Waals surface area contributed by atoms with Crippen molar-refractivity contribution >= 4 is 41.4 Å². The maximum absolute atomic E-state index is 14.5. The SMILES string of the molecule is CCN(C)C(=O)[C@@H](NC(=O)CNC(=O)C(=O)C(CC1CCC1)NC(=O)[C@@H]1[C@H]2CC(C)(C)C[C@H]2CN1C(=O)[C@@H](NC(=O)OC(C)(C)C)C(C)(C)C)c1ccccc1. The van der Waals surface area contributed by atoms with Crippen LogP contribution in [-0.2, 0) is 33.5 Å². The molecular weight excluding hydrogens is 716 g/mol. The molecule has 0 radical (unpaired) electrons. The molecule has 6 atom stereocenters. The van der Waals surface area contributed by atoms with Crippen molar-refractivity contribution in [3.8, 4) is 0 Å². The quantitative estimate of drug-likeness (QED) is 0.205. The van der Waals surface area contributed by atoms with E-state index in [0.29, 0.717) is 25.1 Å². The van der Waals surface area contributed by atoms with E-state index in [1.807, 2.05) is 27.7 Å². The Hall–Kier alpha value is -4.49. The van der Waals surface area contributed by atoms with Gasteiger partial charge in [0.05, 0.1) is 12.6 Å². The molecule has 0 bridgehead atoms. The molecule has 0 spiro atoms. The fraction of sp³-hybridized carbons (Fsp3) is 0.690. The number of alkyl carbamates (subject to hydrolysis) is 1. The van der Waals surface area contributed by atoms with Crippen molar-refractivity contribution in [2.45, 2.75) is 131 Å². The van der Waals surface area contributed by atoms with Crippen LogP contribution in [0, 0.1) is 28.6 Å². The van der Waals surface area contributed by atoms with E-state index in [4.69, 9.17) is 4.74 Å². The summed E-state index contributed by atoms with van der Waals surface area (Å²) < 4.78 is 5.49. The summed E-state index contributed by atoms with van der Waals surface area (Å²) in [5, 5.41) is 10.7. The van der Waals surface area contributed by atoms with E-state index in [9.17, 15) is 33.6 Å². The van der Waals surface area contributed by atoms with Crippen LogP contribution < -0.4 is 21.3 Å². The van der Waals surface area contributed by atoms with Crippen molar-refractivity contribution in [1.29, 1.82) is 0 Å². The first-order valence-electron chi connectivity index (χ1n) is 20.0. The van der Waals surface area contributed by atoms with Crippen molar-refractivity contribution in [2.75, 3.05) is 26.7 Å². The van der Waals surface area contributed by atoms with Crippen LogP contribution in [-0.4, -0.2) is 102 Å². The zero-order valence-corrected chi connectivity index (χ0v) is 35.0. The summed E-state index contributed by atoms with van der Waals surface area (Å²) in [6.45, 7) is 16.9. The molecule has 1 aliphatic heterocycles. The van der Waals surface area contributed by atoms with E-state index in [1.54, 1.807) is 63.1 Å². The van der Waals surface area contributed by atoms with Gasteiger partial charge in [0.25, 0.3) is 5.91 Å². The molecule has 0 aromatic heterocycles. The van der Waals surface area contributed by atoms with Crippen molar-refractivity contribution < 1.29 is 38.3 Å². The summed E-state index contributed by atoms with van der Waals surface area (Å²) in [6.07, 6.45) is 3.64. The minimum Gasteiger partial charge on any atom is -0.444 e. The van der Waals surface area contributed by atoms with Gasteiger partial charge in [-0.3, -0.25) is 28.8 Å². The average Bonchev–Trinajstić information content (AvgIpc) is 3.58. The summed E-state index contributed by atoms with van der Waals surface area (Å²) in [5.74, 6) is -3.92. The van der Waals surface area contributed by atoms with Gasteiger partial charge < -0.3 is 35.8 Å². The van der Waals surface area contributed by atoms with Crippen LogP contribution in [0.25, 0.3) is 0 Å². The number of amides is 6. The monoisotopic (exact) mass is 780 g/mol. The zero-order chi connectivity index (χ0) is 41.7. The van der Waals surface area contributed by atoms with Gasteiger partial charge in [-0.15, -0.1) is 0 Å². The molecule has 1 heterocycles. The predicted molar refractivity (Wildman–Crippen MR) is 211 cm³/mol. The van der Waals surface area contributed by atoms with Gasteiger partial charge in [-0.2, -0.15) is 0 Å². The number of hydrogen-bond donors (Lipinski definition) is 4. The lowest BCUT2D eigenvalue weighted by Gasteiger charge is -2.37. The van der Waals surface area contributed by atoms with Crippen LogP contribution in [0.15, 0.2) is 30.3 Å². The highest BCUT2D eigenvalue weighted by Crippen LogP contribution is 2.51. The molecule has 1 aromatic rings. The minimum atomic E-state index is -1.18. The smallest absolute Gasteiger partial charge is 0.408 e. The summed E-state index contributed by atoms with van der Waals surface area (Å²) in [4.78, 5) is 98.3. The molecule has 310 valence electrons. The number of ketones is 1. The number of hydrogen-bond acceptors (Lipinski definition) is 8.